The summed E-state index contributed by atoms with van der Waals surface area (Å²) < 4.78 is 5.62. The molecule has 1 aromatic rings. The Labute approximate surface area is 120 Å². The first-order chi connectivity index (χ1) is 9.79. The molecule has 1 aliphatic heterocycles. The second-order valence-electron chi connectivity index (χ2n) is 5.22. The van der Waals surface area contributed by atoms with Gasteiger partial charge < -0.3 is 15.4 Å². The van der Waals surface area contributed by atoms with Gasteiger partial charge in [-0.3, -0.25) is 4.79 Å². The standard InChI is InChI=1S/C16H24N2O2/c1-2-10-20-14-7-5-6-13(11-14)12-18-15-8-3-4-9-17-16(15)19/h5-7,11,15,18H,2-4,8-10,12H2,1H3,(H,17,19). The highest BCUT2D eigenvalue weighted by Gasteiger charge is 2.19. The summed E-state index contributed by atoms with van der Waals surface area (Å²) in [4.78, 5) is 11.8. The maximum Gasteiger partial charge on any atom is 0.237 e. The minimum absolute atomic E-state index is 0.0716. The predicted octanol–water partition coefficient (Wildman–Crippen LogP) is 2.23. The van der Waals surface area contributed by atoms with E-state index in [2.05, 4.69) is 23.6 Å². The number of benzene rings is 1. The Morgan fingerprint density at radius 1 is 1.40 bits per heavy atom. The maximum atomic E-state index is 11.8. The van der Waals surface area contributed by atoms with Crippen molar-refractivity contribution in [2.45, 2.75) is 45.2 Å². The number of rotatable bonds is 6. The summed E-state index contributed by atoms with van der Waals surface area (Å²) in [7, 11) is 0. The van der Waals surface area contributed by atoms with Gasteiger partial charge in [0.25, 0.3) is 0 Å². The summed E-state index contributed by atoms with van der Waals surface area (Å²) in [5.74, 6) is 1.03. The zero-order valence-electron chi connectivity index (χ0n) is 12.2. The Morgan fingerprint density at radius 2 is 2.30 bits per heavy atom. The summed E-state index contributed by atoms with van der Waals surface area (Å²) in [5.41, 5.74) is 1.15. The van der Waals surface area contributed by atoms with Crippen LogP contribution in [0.2, 0.25) is 0 Å². The molecule has 4 nitrogen and oxygen atoms in total. The van der Waals surface area contributed by atoms with Gasteiger partial charge in [-0.25, -0.2) is 0 Å². The van der Waals surface area contributed by atoms with Crippen LogP contribution in [-0.2, 0) is 11.3 Å². The number of nitrogens with one attached hydrogen (secondary N) is 2. The van der Waals surface area contributed by atoms with Crippen LogP contribution in [0.25, 0.3) is 0 Å². The molecule has 1 atom stereocenters. The third kappa shape index (κ3) is 4.53. The summed E-state index contributed by atoms with van der Waals surface area (Å²) >= 11 is 0. The molecule has 0 bridgehead atoms. The van der Waals surface area contributed by atoms with E-state index in [4.69, 9.17) is 4.74 Å². The molecule has 0 aromatic heterocycles. The van der Waals surface area contributed by atoms with Gasteiger partial charge in [-0.2, -0.15) is 0 Å². The Kier molecular flexibility index (Phi) is 5.87. The van der Waals surface area contributed by atoms with Crippen LogP contribution < -0.4 is 15.4 Å². The minimum Gasteiger partial charge on any atom is -0.494 e. The van der Waals surface area contributed by atoms with Crippen molar-refractivity contribution in [3.8, 4) is 5.75 Å². The maximum absolute atomic E-state index is 11.8. The van der Waals surface area contributed by atoms with Crippen LogP contribution in [0.5, 0.6) is 5.75 Å². The van der Waals surface area contributed by atoms with Crippen LogP contribution in [0.4, 0.5) is 0 Å². The second kappa shape index (κ2) is 7.90. The quantitative estimate of drug-likeness (QED) is 0.837. The molecule has 1 fully saturated rings. The second-order valence-corrected chi connectivity index (χ2v) is 5.22. The highest BCUT2D eigenvalue weighted by molar-refractivity contribution is 5.81. The van der Waals surface area contributed by atoms with Gasteiger partial charge in [0.05, 0.1) is 12.6 Å². The lowest BCUT2D eigenvalue weighted by molar-refractivity contribution is -0.122. The Balaban J connectivity index is 1.87. The normalized spacial score (nSPS) is 19.2. The van der Waals surface area contributed by atoms with E-state index in [9.17, 15) is 4.79 Å². The highest BCUT2D eigenvalue weighted by atomic mass is 16.5. The molecule has 1 saturated heterocycles. The van der Waals surface area contributed by atoms with Crippen molar-refractivity contribution < 1.29 is 9.53 Å². The van der Waals surface area contributed by atoms with Gasteiger partial charge >= 0.3 is 0 Å². The van der Waals surface area contributed by atoms with Crippen LogP contribution in [0.15, 0.2) is 24.3 Å². The van der Waals surface area contributed by atoms with Crippen LogP contribution >= 0.6 is 0 Å². The summed E-state index contributed by atoms with van der Waals surface area (Å²) in [6, 6.07) is 7.99. The van der Waals surface area contributed by atoms with E-state index in [0.29, 0.717) is 6.54 Å². The highest BCUT2D eigenvalue weighted by Crippen LogP contribution is 2.14. The zero-order chi connectivity index (χ0) is 14.2. The number of carbonyl (C=O) groups is 1. The molecule has 0 spiro atoms. The third-order valence-electron chi connectivity index (χ3n) is 3.46. The molecule has 4 heteroatoms. The number of hydrogen-bond acceptors (Lipinski definition) is 3. The van der Waals surface area contributed by atoms with E-state index in [1.54, 1.807) is 0 Å². The van der Waals surface area contributed by atoms with Gasteiger partial charge in [-0.1, -0.05) is 19.1 Å². The molecule has 1 heterocycles. The number of amides is 1. The topological polar surface area (TPSA) is 50.4 Å². The van der Waals surface area contributed by atoms with Crippen LogP contribution in [-0.4, -0.2) is 25.1 Å². The van der Waals surface area contributed by atoms with Crippen LogP contribution in [0.1, 0.15) is 38.2 Å². The molecular weight excluding hydrogens is 252 g/mol. The molecule has 1 unspecified atom stereocenters. The van der Waals surface area contributed by atoms with Crippen molar-refractivity contribution in [3.05, 3.63) is 29.8 Å². The average molecular weight is 276 g/mol. The van der Waals surface area contributed by atoms with Gasteiger partial charge in [-0.15, -0.1) is 0 Å². The van der Waals surface area contributed by atoms with E-state index in [1.807, 2.05) is 18.2 Å². The Morgan fingerprint density at radius 3 is 3.15 bits per heavy atom. The van der Waals surface area contributed by atoms with E-state index in [1.165, 1.54) is 0 Å². The number of carbonyl (C=O) groups excluding carboxylic acids is 1. The fourth-order valence-corrected chi connectivity index (χ4v) is 2.34. The molecule has 20 heavy (non-hydrogen) atoms. The number of hydrogen-bond donors (Lipinski definition) is 2. The predicted molar refractivity (Wildman–Crippen MR) is 79.7 cm³/mol. The van der Waals surface area contributed by atoms with E-state index in [-0.39, 0.29) is 11.9 Å². The Hall–Kier alpha value is -1.55. The molecular formula is C16H24N2O2. The van der Waals surface area contributed by atoms with Crippen molar-refractivity contribution in [3.63, 3.8) is 0 Å². The average Bonchev–Trinajstić information content (AvgIpc) is 2.68. The molecule has 2 N–H and O–H groups in total. The van der Waals surface area contributed by atoms with Crippen LogP contribution in [0, 0.1) is 0 Å². The molecule has 2 rings (SSSR count). The van der Waals surface area contributed by atoms with Crippen molar-refractivity contribution in [2.75, 3.05) is 13.2 Å². The minimum atomic E-state index is -0.0716. The van der Waals surface area contributed by atoms with E-state index < -0.39 is 0 Å². The lowest BCUT2D eigenvalue weighted by atomic mass is 10.1. The molecule has 0 aliphatic carbocycles. The largest absolute Gasteiger partial charge is 0.494 e. The number of ether oxygens (including phenoxy) is 1. The fourth-order valence-electron chi connectivity index (χ4n) is 2.34. The van der Waals surface area contributed by atoms with Gasteiger partial charge in [0.15, 0.2) is 0 Å². The van der Waals surface area contributed by atoms with Crippen molar-refractivity contribution in [2.24, 2.45) is 0 Å². The summed E-state index contributed by atoms with van der Waals surface area (Å²) in [6.07, 6.45) is 4.09. The first-order valence-corrected chi connectivity index (χ1v) is 7.52. The lowest BCUT2D eigenvalue weighted by Crippen LogP contribution is -2.42. The third-order valence-corrected chi connectivity index (χ3v) is 3.46. The summed E-state index contributed by atoms with van der Waals surface area (Å²) in [6.45, 7) is 4.33. The monoisotopic (exact) mass is 276 g/mol. The smallest absolute Gasteiger partial charge is 0.237 e. The van der Waals surface area contributed by atoms with Gasteiger partial charge in [0, 0.05) is 13.1 Å². The molecule has 1 aromatic carbocycles. The van der Waals surface area contributed by atoms with Gasteiger partial charge in [0.1, 0.15) is 5.75 Å². The first-order valence-electron chi connectivity index (χ1n) is 7.52. The molecule has 1 aliphatic rings. The molecule has 0 saturated carbocycles. The van der Waals surface area contributed by atoms with E-state index in [0.717, 1.165) is 50.1 Å². The summed E-state index contributed by atoms with van der Waals surface area (Å²) in [5, 5.41) is 6.29. The van der Waals surface area contributed by atoms with Crippen molar-refractivity contribution in [1.82, 2.24) is 10.6 Å². The SMILES string of the molecule is CCCOc1cccc(CNC2CCCCNC2=O)c1. The zero-order valence-corrected chi connectivity index (χ0v) is 12.2. The Bertz CT molecular complexity index is 434. The fraction of sp³-hybridized carbons (Fsp3) is 0.562. The lowest BCUT2D eigenvalue weighted by Gasteiger charge is -2.15. The van der Waals surface area contributed by atoms with Crippen molar-refractivity contribution in [1.29, 1.82) is 0 Å². The van der Waals surface area contributed by atoms with Crippen LogP contribution in [0.3, 0.4) is 0 Å². The van der Waals surface area contributed by atoms with Crippen molar-refractivity contribution >= 4 is 5.91 Å². The van der Waals surface area contributed by atoms with Gasteiger partial charge in [0.2, 0.25) is 5.91 Å². The molecule has 110 valence electrons. The first kappa shape index (κ1) is 14.9. The molecule has 0 radical (unpaired) electrons. The molecule has 1 amide bonds. The van der Waals surface area contributed by atoms with E-state index >= 15 is 0 Å². The van der Waals surface area contributed by atoms with Gasteiger partial charge in [-0.05, 0) is 43.4 Å².